The Labute approximate surface area is 125 Å². The van der Waals surface area contributed by atoms with E-state index < -0.39 is 0 Å². The van der Waals surface area contributed by atoms with Crippen LogP contribution in [0.2, 0.25) is 0 Å². The van der Waals surface area contributed by atoms with Gasteiger partial charge in [-0.2, -0.15) is 5.10 Å². The second-order valence-electron chi connectivity index (χ2n) is 5.74. The summed E-state index contributed by atoms with van der Waals surface area (Å²) in [5.74, 6) is 0. The van der Waals surface area contributed by atoms with Gasteiger partial charge in [0.2, 0.25) is 0 Å². The quantitative estimate of drug-likeness (QED) is 0.888. The number of aromatic nitrogens is 2. The number of nitrogens with one attached hydrogen (secondary N) is 1. The molecule has 0 radical (unpaired) electrons. The molecule has 1 aromatic carbocycles. The lowest BCUT2D eigenvalue weighted by atomic mass is 9.92. The zero-order valence-corrected chi connectivity index (χ0v) is 12.5. The SMILES string of the molecule is CC(NC1CCCc2c1cnn2CCO)c1ccccc1. The van der Waals surface area contributed by atoms with E-state index in [1.54, 1.807) is 0 Å². The van der Waals surface area contributed by atoms with Gasteiger partial charge in [-0.3, -0.25) is 4.68 Å². The number of hydrogen-bond donors (Lipinski definition) is 2. The summed E-state index contributed by atoms with van der Waals surface area (Å²) in [5.41, 5.74) is 3.90. The minimum atomic E-state index is 0.145. The highest BCUT2D eigenvalue weighted by molar-refractivity contribution is 5.26. The molecule has 1 aromatic heterocycles. The average Bonchev–Trinajstić information content (AvgIpc) is 2.93. The number of rotatable bonds is 5. The van der Waals surface area contributed by atoms with Gasteiger partial charge in [-0.25, -0.2) is 0 Å². The fourth-order valence-corrected chi connectivity index (χ4v) is 3.22. The topological polar surface area (TPSA) is 50.1 Å². The lowest BCUT2D eigenvalue weighted by Gasteiger charge is -2.27. The maximum Gasteiger partial charge on any atom is 0.0644 e. The summed E-state index contributed by atoms with van der Waals surface area (Å²) >= 11 is 0. The molecule has 0 bridgehead atoms. The lowest BCUT2D eigenvalue weighted by molar-refractivity contribution is 0.266. The molecule has 21 heavy (non-hydrogen) atoms. The molecule has 1 aliphatic rings. The predicted molar refractivity (Wildman–Crippen MR) is 83.0 cm³/mol. The Kier molecular flexibility index (Phi) is 4.36. The van der Waals surface area contributed by atoms with Crippen LogP contribution in [0.3, 0.4) is 0 Å². The average molecular weight is 285 g/mol. The van der Waals surface area contributed by atoms with Gasteiger partial charge < -0.3 is 10.4 Å². The predicted octanol–water partition coefficient (Wildman–Crippen LogP) is 2.60. The third-order valence-corrected chi connectivity index (χ3v) is 4.33. The summed E-state index contributed by atoms with van der Waals surface area (Å²) in [6.07, 6.45) is 5.35. The van der Waals surface area contributed by atoms with Crippen molar-refractivity contribution in [2.45, 2.75) is 44.8 Å². The maximum atomic E-state index is 9.12. The van der Waals surface area contributed by atoms with Gasteiger partial charge in [0.25, 0.3) is 0 Å². The van der Waals surface area contributed by atoms with Crippen LogP contribution >= 0.6 is 0 Å². The summed E-state index contributed by atoms with van der Waals surface area (Å²) < 4.78 is 1.95. The number of aliphatic hydroxyl groups is 1. The summed E-state index contributed by atoms with van der Waals surface area (Å²) in [6.45, 7) is 2.95. The minimum Gasteiger partial charge on any atom is -0.394 e. The van der Waals surface area contributed by atoms with Crippen LogP contribution in [-0.2, 0) is 13.0 Å². The molecule has 4 heteroatoms. The smallest absolute Gasteiger partial charge is 0.0644 e. The number of benzene rings is 1. The molecule has 2 aromatic rings. The Balaban J connectivity index is 1.76. The van der Waals surface area contributed by atoms with Gasteiger partial charge in [0.1, 0.15) is 0 Å². The molecule has 4 nitrogen and oxygen atoms in total. The van der Waals surface area contributed by atoms with Crippen LogP contribution in [0.15, 0.2) is 36.5 Å². The standard InChI is InChI=1S/C17H23N3O/c1-13(14-6-3-2-4-7-14)19-16-8-5-9-17-15(16)12-18-20(17)10-11-21/h2-4,6-7,12-13,16,19,21H,5,8-11H2,1H3. The number of hydrogen-bond acceptors (Lipinski definition) is 3. The second kappa shape index (κ2) is 6.41. The Morgan fingerprint density at radius 1 is 1.38 bits per heavy atom. The highest BCUT2D eigenvalue weighted by atomic mass is 16.3. The molecule has 1 heterocycles. The molecule has 2 unspecified atom stereocenters. The van der Waals surface area contributed by atoms with Gasteiger partial charge in [0, 0.05) is 23.3 Å². The van der Waals surface area contributed by atoms with Gasteiger partial charge in [0.15, 0.2) is 0 Å². The summed E-state index contributed by atoms with van der Waals surface area (Å²) in [5, 5.41) is 17.3. The van der Waals surface area contributed by atoms with Crippen molar-refractivity contribution in [2.75, 3.05) is 6.61 Å². The molecule has 0 fully saturated rings. The van der Waals surface area contributed by atoms with Crippen LogP contribution in [0.5, 0.6) is 0 Å². The normalized spacial score (nSPS) is 19.2. The summed E-state index contributed by atoms with van der Waals surface area (Å²) in [4.78, 5) is 0. The number of aliphatic hydroxyl groups excluding tert-OH is 1. The van der Waals surface area contributed by atoms with Gasteiger partial charge in [-0.05, 0) is 31.7 Å². The zero-order chi connectivity index (χ0) is 14.7. The highest BCUT2D eigenvalue weighted by Gasteiger charge is 2.25. The van der Waals surface area contributed by atoms with Crippen molar-refractivity contribution in [1.82, 2.24) is 15.1 Å². The maximum absolute atomic E-state index is 9.12. The molecular formula is C17H23N3O. The lowest BCUT2D eigenvalue weighted by Crippen LogP contribution is -2.28. The van der Waals surface area contributed by atoms with E-state index >= 15 is 0 Å². The van der Waals surface area contributed by atoms with E-state index in [9.17, 15) is 0 Å². The van der Waals surface area contributed by atoms with Crippen molar-refractivity contribution in [3.05, 3.63) is 53.3 Å². The number of nitrogens with zero attached hydrogens (tertiary/aromatic N) is 2. The van der Waals surface area contributed by atoms with Crippen LogP contribution in [0.4, 0.5) is 0 Å². The van der Waals surface area contributed by atoms with Crippen LogP contribution in [0.25, 0.3) is 0 Å². The summed E-state index contributed by atoms with van der Waals surface area (Å²) in [6, 6.07) is 11.2. The van der Waals surface area contributed by atoms with E-state index in [1.165, 1.54) is 23.2 Å². The van der Waals surface area contributed by atoms with Crippen LogP contribution in [-0.4, -0.2) is 21.5 Å². The molecule has 1 aliphatic carbocycles. The molecule has 0 spiro atoms. The van der Waals surface area contributed by atoms with Crippen LogP contribution in [0.1, 0.15) is 48.7 Å². The van der Waals surface area contributed by atoms with Gasteiger partial charge in [-0.1, -0.05) is 30.3 Å². The fraction of sp³-hybridized carbons (Fsp3) is 0.471. The van der Waals surface area contributed by atoms with Crippen molar-refractivity contribution >= 4 is 0 Å². The second-order valence-corrected chi connectivity index (χ2v) is 5.74. The number of fused-ring (bicyclic) bond motifs is 1. The zero-order valence-electron chi connectivity index (χ0n) is 12.5. The van der Waals surface area contributed by atoms with Crippen LogP contribution in [0, 0.1) is 0 Å². The first-order valence-electron chi connectivity index (χ1n) is 7.76. The van der Waals surface area contributed by atoms with Crippen molar-refractivity contribution < 1.29 is 5.11 Å². The third kappa shape index (κ3) is 3.01. The Bertz CT molecular complexity index is 579. The van der Waals surface area contributed by atoms with Crippen LogP contribution < -0.4 is 5.32 Å². The first kappa shape index (κ1) is 14.3. The monoisotopic (exact) mass is 285 g/mol. The Hall–Kier alpha value is -1.65. The van der Waals surface area contributed by atoms with E-state index in [0.717, 1.165) is 12.8 Å². The Morgan fingerprint density at radius 2 is 2.19 bits per heavy atom. The molecule has 2 atom stereocenters. The van der Waals surface area contributed by atoms with E-state index in [-0.39, 0.29) is 6.61 Å². The van der Waals surface area contributed by atoms with Gasteiger partial charge in [-0.15, -0.1) is 0 Å². The van der Waals surface area contributed by atoms with E-state index in [4.69, 9.17) is 5.11 Å². The molecule has 3 rings (SSSR count). The Morgan fingerprint density at radius 3 is 2.95 bits per heavy atom. The fourth-order valence-electron chi connectivity index (χ4n) is 3.22. The van der Waals surface area contributed by atoms with Crippen molar-refractivity contribution in [1.29, 1.82) is 0 Å². The highest BCUT2D eigenvalue weighted by Crippen LogP contribution is 2.31. The third-order valence-electron chi connectivity index (χ3n) is 4.33. The van der Waals surface area contributed by atoms with E-state index in [2.05, 4.69) is 41.6 Å². The van der Waals surface area contributed by atoms with Crippen molar-refractivity contribution in [2.24, 2.45) is 0 Å². The van der Waals surface area contributed by atoms with Crippen molar-refractivity contribution in [3.63, 3.8) is 0 Å². The summed E-state index contributed by atoms with van der Waals surface area (Å²) in [7, 11) is 0. The largest absolute Gasteiger partial charge is 0.394 e. The molecular weight excluding hydrogens is 262 g/mol. The molecule has 112 valence electrons. The molecule has 0 saturated heterocycles. The molecule has 0 aliphatic heterocycles. The molecule has 0 amide bonds. The van der Waals surface area contributed by atoms with Gasteiger partial charge in [0.05, 0.1) is 19.3 Å². The minimum absolute atomic E-state index is 0.145. The van der Waals surface area contributed by atoms with E-state index in [1.807, 2.05) is 16.9 Å². The van der Waals surface area contributed by atoms with Crippen molar-refractivity contribution in [3.8, 4) is 0 Å². The molecule has 2 N–H and O–H groups in total. The van der Waals surface area contributed by atoms with E-state index in [0.29, 0.717) is 18.6 Å². The van der Waals surface area contributed by atoms with Gasteiger partial charge >= 0.3 is 0 Å². The first-order valence-corrected chi connectivity index (χ1v) is 7.76. The molecule has 0 saturated carbocycles. The first-order chi connectivity index (χ1) is 10.3.